The van der Waals surface area contributed by atoms with E-state index in [0.717, 1.165) is 12.3 Å². The summed E-state index contributed by atoms with van der Waals surface area (Å²) in [5, 5.41) is 3.62. The first kappa shape index (κ1) is 16.3. The van der Waals surface area contributed by atoms with Crippen molar-refractivity contribution in [3.8, 4) is 17.3 Å². The third kappa shape index (κ3) is 3.76. The van der Waals surface area contributed by atoms with E-state index in [9.17, 15) is 4.79 Å². The number of hydrogen-bond acceptors (Lipinski definition) is 6. The Hall–Kier alpha value is -2.15. The number of aromatic nitrogens is 3. The molecule has 0 aromatic carbocycles. The molecular formula is C18H24N4O3. The molecule has 1 spiro atoms. The van der Waals surface area contributed by atoms with Gasteiger partial charge in [0, 0.05) is 13.1 Å². The quantitative estimate of drug-likeness (QED) is 0.897. The van der Waals surface area contributed by atoms with Crippen LogP contribution in [0.5, 0.6) is 5.75 Å². The maximum absolute atomic E-state index is 11.0. The Morgan fingerprint density at radius 1 is 1.24 bits per heavy atom. The van der Waals surface area contributed by atoms with Crippen molar-refractivity contribution >= 4 is 0 Å². The second-order valence-electron chi connectivity index (χ2n) is 7.26. The van der Waals surface area contributed by atoms with Gasteiger partial charge in [0.05, 0.1) is 6.20 Å². The van der Waals surface area contributed by atoms with Crippen LogP contribution in [0.4, 0.5) is 0 Å². The Morgan fingerprint density at radius 3 is 2.80 bits per heavy atom. The molecule has 7 heteroatoms. The molecule has 1 aliphatic carbocycles. The predicted molar refractivity (Wildman–Crippen MR) is 92.4 cm³/mol. The summed E-state index contributed by atoms with van der Waals surface area (Å²) in [5.41, 5.74) is 1.15. The Labute approximate surface area is 146 Å². The summed E-state index contributed by atoms with van der Waals surface area (Å²) in [4.78, 5) is 20.3. The van der Waals surface area contributed by atoms with Gasteiger partial charge in [-0.2, -0.15) is 0 Å². The first-order valence-corrected chi connectivity index (χ1v) is 9.10. The molecule has 1 saturated heterocycles. The summed E-state index contributed by atoms with van der Waals surface area (Å²) in [7, 11) is 0. The maximum atomic E-state index is 11.0. The molecule has 0 radical (unpaired) electrons. The van der Waals surface area contributed by atoms with Crippen LogP contribution in [0.3, 0.4) is 0 Å². The minimum Gasteiger partial charge on any atom is -0.491 e. The van der Waals surface area contributed by atoms with Crippen molar-refractivity contribution < 1.29 is 9.26 Å². The fourth-order valence-electron chi connectivity index (χ4n) is 4.27. The van der Waals surface area contributed by atoms with E-state index in [1.165, 1.54) is 51.6 Å². The Bertz CT molecular complexity index is 746. The van der Waals surface area contributed by atoms with Crippen LogP contribution in [-0.2, 0) is 0 Å². The first-order valence-electron chi connectivity index (χ1n) is 9.10. The molecule has 0 atom stereocenters. The highest BCUT2D eigenvalue weighted by Gasteiger charge is 2.37. The number of likely N-dealkylation sites (tertiary alicyclic amines) is 1. The zero-order chi connectivity index (χ0) is 17.1. The summed E-state index contributed by atoms with van der Waals surface area (Å²) in [6.45, 7) is 4.03. The van der Waals surface area contributed by atoms with Crippen molar-refractivity contribution in [1.29, 1.82) is 0 Å². The van der Waals surface area contributed by atoms with E-state index in [1.54, 1.807) is 12.3 Å². The van der Waals surface area contributed by atoms with E-state index < -0.39 is 5.76 Å². The second kappa shape index (κ2) is 7.00. The number of pyridine rings is 1. The summed E-state index contributed by atoms with van der Waals surface area (Å²) in [5.74, 6) is 0.465. The number of ether oxygens (including phenoxy) is 1. The number of nitrogens with one attached hydrogen (secondary N) is 1. The SMILES string of the molecule is O=c1[nH]c(-c2ccc(OCCN3CCCC4(CCCC4)C3)cn2)no1. The van der Waals surface area contributed by atoms with E-state index >= 15 is 0 Å². The van der Waals surface area contributed by atoms with E-state index in [2.05, 4.69) is 24.5 Å². The Morgan fingerprint density at radius 2 is 2.08 bits per heavy atom. The molecule has 4 rings (SSSR count). The van der Waals surface area contributed by atoms with Crippen LogP contribution in [-0.4, -0.2) is 46.3 Å². The van der Waals surface area contributed by atoms with Gasteiger partial charge in [0.2, 0.25) is 5.82 Å². The number of hydrogen-bond donors (Lipinski definition) is 1. The van der Waals surface area contributed by atoms with Gasteiger partial charge in [0.1, 0.15) is 18.1 Å². The molecule has 1 aliphatic heterocycles. The van der Waals surface area contributed by atoms with Crippen LogP contribution in [0.15, 0.2) is 27.6 Å². The lowest BCUT2D eigenvalue weighted by molar-refractivity contribution is 0.0810. The lowest BCUT2D eigenvalue weighted by Crippen LogP contribution is -2.43. The highest BCUT2D eigenvalue weighted by molar-refractivity contribution is 5.48. The van der Waals surface area contributed by atoms with Gasteiger partial charge in [-0.1, -0.05) is 18.0 Å². The van der Waals surface area contributed by atoms with Gasteiger partial charge in [-0.25, -0.2) is 9.78 Å². The number of rotatable bonds is 5. The van der Waals surface area contributed by atoms with Gasteiger partial charge in [0.25, 0.3) is 0 Å². The van der Waals surface area contributed by atoms with Crippen LogP contribution in [0.2, 0.25) is 0 Å². The molecule has 1 N–H and O–H groups in total. The lowest BCUT2D eigenvalue weighted by Gasteiger charge is -2.40. The van der Waals surface area contributed by atoms with Gasteiger partial charge in [-0.05, 0) is 49.8 Å². The van der Waals surface area contributed by atoms with Gasteiger partial charge in [-0.15, -0.1) is 0 Å². The third-order valence-corrected chi connectivity index (χ3v) is 5.50. The summed E-state index contributed by atoms with van der Waals surface area (Å²) < 4.78 is 10.3. The van der Waals surface area contributed by atoms with Crippen molar-refractivity contribution in [2.75, 3.05) is 26.2 Å². The Balaban J connectivity index is 1.28. The van der Waals surface area contributed by atoms with Crippen LogP contribution in [0, 0.1) is 5.41 Å². The van der Waals surface area contributed by atoms with Crippen LogP contribution in [0.25, 0.3) is 11.5 Å². The van der Waals surface area contributed by atoms with E-state index in [4.69, 9.17) is 4.74 Å². The molecule has 2 aromatic heterocycles. The minimum absolute atomic E-state index is 0.326. The molecule has 0 unspecified atom stereocenters. The van der Waals surface area contributed by atoms with Crippen molar-refractivity contribution in [2.45, 2.75) is 38.5 Å². The van der Waals surface area contributed by atoms with Crippen molar-refractivity contribution in [2.24, 2.45) is 5.41 Å². The van der Waals surface area contributed by atoms with E-state index in [-0.39, 0.29) is 0 Å². The highest BCUT2D eigenvalue weighted by atomic mass is 16.5. The first-order chi connectivity index (χ1) is 12.2. The Kier molecular flexibility index (Phi) is 4.57. The highest BCUT2D eigenvalue weighted by Crippen LogP contribution is 2.44. The van der Waals surface area contributed by atoms with Crippen LogP contribution < -0.4 is 10.5 Å². The van der Waals surface area contributed by atoms with Gasteiger partial charge < -0.3 is 4.74 Å². The average Bonchev–Trinajstić information content (AvgIpc) is 3.25. The largest absolute Gasteiger partial charge is 0.491 e. The molecule has 2 aliphatic rings. The summed E-state index contributed by atoms with van der Waals surface area (Å²) in [6.07, 6.45) is 9.97. The van der Waals surface area contributed by atoms with Crippen molar-refractivity contribution in [3.05, 3.63) is 28.9 Å². The molecule has 7 nitrogen and oxygen atoms in total. The van der Waals surface area contributed by atoms with Crippen LogP contribution in [0.1, 0.15) is 38.5 Å². The average molecular weight is 344 g/mol. The molecule has 25 heavy (non-hydrogen) atoms. The third-order valence-electron chi connectivity index (χ3n) is 5.50. The number of H-pyrrole nitrogens is 1. The van der Waals surface area contributed by atoms with Crippen LogP contribution >= 0.6 is 0 Å². The fraction of sp³-hybridized carbons (Fsp3) is 0.611. The molecule has 3 heterocycles. The summed E-state index contributed by atoms with van der Waals surface area (Å²) >= 11 is 0. The topological polar surface area (TPSA) is 84.3 Å². The van der Waals surface area contributed by atoms with E-state index in [0.29, 0.717) is 23.5 Å². The number of aromatic amines is 1. The molecule has 0 amide bonds. The molecule has 1 saturated carbocycles. The maximum Gasteiger partial charge on any atom is 0.439 e. The van der Waals surface area contributed by atoms with Crippen molar-refractivity contribution in [1.82, 2.24) is 20.0 Å². The van der Waals surface area contributed by atoms with Gasteiger partial charge in [0.15, 0.2) is 0 Å². The van der Waals surface area contributed by atoms with Crippen molar-refractivity contribution in [3.63, 3.8) is 0 Å². The zero-order valence-electron chi connectivity index (χ0n) is 14.4. The zero-order valence-corrected chi connectivity index (χ0v) is 14.4. The fourth-order valence-corrected chi connectivity index (χ4v) is 4.27. The number of nitrogens with zero attached hydrogens (tertiary/aromatic N) is 3. The normalized spacial score (nSPS) is 20.2. The standard InChI is InChI=1S/C18H24N4O3/c23-17-20-16(21-25-17)15-5-4-14(12-19-15)24-11-10-22-9-3-8-18(13-22)6-1-2-7-18/h4-5,12H,1-3,6-11,13H2,(H,20,21,23). The molecular weight excluding hydrogens is 320 g/mol. The second-order valence-corrected chi connectivity index (χ2v) is 7.26. The van der Waals surface area contributed by atoms with Gasteiger partial charge in [-0.3, -0.25) is 14.4 Å². The molecule has 2 aromatic rings. The lowest BCUT2D eigenvalue weighted by atomic mass is 9.78. The monoisotopic (exact) mass is 344 g/mol. The molecule has 134 valence electrons. The smallest absolute Gasteiger partial charge is 0.439 e. The molecule has 2 fully saturated rings. The van der Waals surface area contributed by atoms with E-state index in [1.807, 2.05) is 6.07 Å². The minimum atomic E-state index is -0.585. The molecule has 0 bridgehead atoms. The summed E-state index contributed by atoms with van der Waals surface area (Å²) in [6, 6.07) is 3.60. The predicted octanol–water partition coefficient (Wildman–Crippen LogP) is 2.46. The number of piperidine rings is 1. The van der Waals surface area contributed by atoms with Gasteiger partial charge >= 0.3 is 5.76 Å².